The minimum Gasteiger partial charge on any atom is -0.454 e. The lowest BCUT2D eigenvalue weighted by Crippen LogP contribution is -2.12. The number of hydrogen-bond acceptors (Lipinski definition) is 3. The van der Waals surface area contributed by atoms with E-state index in [1.54, 1.807) is 22.9 Å². The molecule has 0 aliphatic carbocycles. The number of benzene rings is 1. The number of aromatic nitrogens is 2. The van der Waals surface area contributed by atoms with Gasteiger partial charge >= 0.3 is 0 Å². The zero-order chi connectivity index (χ0) is 18.1. The molecule has 0 unspecified atom stereocenters. The van der Waals surface area contributed by atoms with E-state index in [2.05, 4.69) is 42.3 Å². The van der Waals surface area contributed by atoms with Crippen molar-refractivity contribution in [1.29, 1.82) is 0 Å². The fourth-order valence-corrected chi connectivity index (χ4v) is 2.95. The summed E-state index contributed by atoms with van der Waals surface area (Å²) in [5.41, 5.74) is 1.94. The average Bonchev–Trinajstić information content (AvgIpc) is 3.12. The predicted octanol–water partition coefficient (Wildman–Crippen LogP) is 5.06. The smallest absolute Gasteiger partial charge is 0.291 e. The molecule has 8 heteroatoms. The molecule has 0 fully saturated rings. The largest absolute Gasteiger partial charge is 0.454 e. The van der Waals surface area contributed by atoms with Crippen LogP contribution in [0.15, 0.2) is 43.7 Å². The maximum absolute atomic E-state index is 13.8. The van der Waals surface area contributed by atoms with Crippen LogP contribution < -0.4 is 5.32 Å². The number of hydrogen-bond donors (Lipinski definition) is 1. The first kappa shape index (κ1) is 17.9. The monoisotopic (exact) mass is 469 g/mol. The summed E-state index contributed by atoms with van der Waals surface area (Å²) in [5, 5.41) is 6.90. The summed E-state index contributed by atoms with van der Waals surface area (Å²) in [6.07, 6.45) is 0. The number of rotatable bonds is 4. The number of nitrogens with zero attached hydrogens (tertiary/aromatic N) is 2. The summed E-state index contributed by atoms with van der Waals surface area (Å²) in [5.74, 6) is -0.346. The summed E-state index contributed by atoms with van der Waals surface area (Å²) in [4.78, 5) is 12.2. The van der Waals surface area contributed by atoms with Crippen LogP contribution in [0.4, 0.5) is 10.1 Å². The number of anilines is 1. The van der Waals surface area contributed by atoms with Crippen molar-refractivity contribution >= 4 is 43.5 Å². The number of furan rings is 1. The molecule has 0 aliphatic rings. The van der Waals surface area contributed by atoms with Crippen molar-refractivity contribution in [2.45, 2.75) is 20.4 Å². The Kier molecular flexibility index (Phi) is 5.10. The van der Waals surface area contributed by atoms with Gasteiger partial charge in [0.25, 0.3) is 5.91 Å². The first-order chi connectivity index (χ1) is 11.8. The third kappa shape index (κ3) is 3.85. The maximum Gasteiger partial charge on any atom is 0.291 e. The van der Waals surface area contributed by atoms with Crippen molar-refractivity contribution < 1.29 is 13.6 Å². The Labute approximate surface area is 160 Å². The highest BCUT2D eigenvalue weighted by atomic mass is 79.9. The van der Waals surface area contributed by atoms with Crippen LogP contribution >= 0.6 is 31.9 Å². The minimum atomic E-state index is -0.526. The van der Waals surface area contributed by atoms with Gasteiger partial charge in [-0.15, -0.1) is 0 Å². The van der Waals surface area contributed by atoms with Gasteiger partial charge in [-0.2, -0.15) is 5.10 Å². The Morgan fingerprint density at radius 3 is 2.68 bits per heavy atom. The summed E-state index contributed by atoms with van der Waals surface area (Å²) >= 11 is 6.65. The Balaban J connectivity index is 1.74. The van der Waals surface area contributed by atoms with Gasteiger partial charge in [-0.25, -0.2) is 4.39 Å². The molecule has 3 aromatic rings. The van der Waals surface area contributed by atoms with Gasteiger partial charge in [-0.3, -0.25) is 9.48 Å². The highest BCUT2D eigenvalue weighted by Gasteiger charge is 2.15. The second-order valence-corrected chi connectivity index (χ2v) is 7.20. The lowest BCUT2D eigenvalue weighted by atomic mass is 10.3. The Morgan fingerprint density at radius 1 is 1.28 bits per heavy atom. The fourth-order valence-electron chi connectivity index (χ4n) is 2.34. The van der Waals surface area contributed by atoms with Gasteiger partial charge in [0.1, 0.15) is 11.6 Å². The van der Waals surface area contributed by atoms with E-state index in [1.807, 2.05) is 13.8 Å². The van der Waals surface area contributed by atoms with E-state index in [4.69, 9.17) is 4.42 Å². The second-order valence-electron chi connectivity index (χ2n) is 5.49. The van der Waals surface area contributed by atoms with Gasteiger partial charge in [0, 0.05) is 4.47 Å². The van der Waals surface area contributed by atoms with Gasteiger partial charge in [0.2, 0.25) is 0 Å². The molecule has 0 atom stereocenters. The number of amides is 1. The molecule has 0 aliphatic heterocycles. The Hall–Kier alpha value is -1.93. The molecule has 0 bridgehead atoms. The molecule has 3 rings (SSSR count). The highest BCUT2D eigenvalue weighted by molar-refractivity contribution is 9.10. The topological polar surface area (TPSA) is 60.1 Å². The molecule has 0 saturated carbocycles. The first-order valence-corrected chi connectivity index (χ1v) is 8.98. The molecule has 0 spiro atoms. The van der Waals surface area contributed by atoms with E-state index in [1.165, 1.54) is 12.1 Å². The standard InChI is InChI=1S/C17H14Br2FN3O2/c1-9-16(19)10(2)23(22-9)8-12-4-6-15(25-12)17(24)21-14-5-3-11(18)7-13(14)20/h3-7H,8H2,1-2H3,(H,21,24). The van der Waals surface area contributed by atoms with E-state index >= 15 is 0 Å². The normalized spacial score (nSPS) is 10.9. The third-order valence-corrected chi connectivity index (χ3v) is 5.30. The van der Waals surface area contributed by atoms with Crippen LogP contribution in [0.2, 0.25) is 0 Å². The van der Waals surface area contributed by atoms with E-state index in [0.717, 1.165) is 15.9 Å². The van der Waals surface area contributed by atoms with Crippen LogP contribution in [0.25, 0.3) is 0 Å². The van der Waals surface area contributed by atoms with Crippen molar-refractivity contribution in [3.8, 4) is 0 Å². The van der Waals surface area contributed by atoms with E-state index in [0.29, 0.717) is 16.8 Å². The minimum absolute atomic E-state index is 0.0913. The molecule has 1 amide bonds. The zero-order valence-corrected chi connectivity index (χ0v) is 16.6. The number of aryl methyl sites for hydroxylation is 1. The lowest BCUT2D eigenvalue weighted by molar-refractivity contribution is 0.0994. The Bertz CT molecular complexity index is 950. The van der Waals surface area contributed by atoms with Gasteiger partial charge in [0.05, 0.1) is 28.1 Å². The predicted molar refractivity (Wildman–Crippen MR) is 99.3 cm³/mol. The quantitative estimate of drug-likeness (QED) is 0.579. The van der Waals surface area contributed by atoms with E-state index in [-0.39, 0.29) is 11.4 Å². The number of nitrogens with one attached hydrogen (secondary N) is 1. The molecule has 2 heterocycles. The summed E-state index contributed by atoms with van der Waals surface area (Å²) in [6.45, 7) is 4.25. The molecule has 2 aromatic heterocycles. The highest BCUT2D eigenvalue weighted by Crippen LogP contribution is 2.22. The zero-order valence-electron chi connectivity index (χ0n) is 13.4. The third-order valence-electron chi connectivity index (χ3n) is 3.66. The van der Waals surface area contributed by atoms with Gasteiger partial charge in [-0.05, 0) is 60.1 Å². The van der Waals surface area contributed by atoms with Crippen LogP contribution in [-0.4, -0.2) is 15.7 Å². The van der Waals surface area contributed by atoms with Crippen molar-refractivity contribution in [2.75, 3.05) is 5.32 Å². The van der Waals surface area contributed by atoms with Crippen LogP contribution in [-0.2, 0) is 6.54 Å². The van der Waals surface area contributed by atoms with Crippen LogP contribution in [0, 0.1) is 19.7 Å². The van der Waals surface area contributed by atoms with Crippen molar-refractivity contribution in [1.82, 2.24) is 9.78 Å². The van der Waals surface area contributed by atoms with Crippen LogP contribution in [0.1, 0.15) is 27.7 Å². The van der Waals surface area contributed by atoms with Gasteiger partial charge in [-0.1, -0.05) is 15.9 Å². The number of carbonyl (C=O) groups is 1. The van der Waals surface area contributed by atoms with Gasteiger partial charge < -0.3 is 9.73 Å². The van der Waals surface area contributed by atoms with Crippen molar-refractivity contribution in [2.24, 2.45) is 0 Å². The average molecular weight is 471 g/mol. The molecule has 130 valence electrons. The summed E-state index contributed by atoms with van der Waals surface area (Å²) < 4.78 is 22.7. The molecule has 0 radical (unpaired) electrons. The SMILES string of the molecule is Cc1nn(Cc2ccc(C(=O)Nc3ccc(Br)cc3F)o2)c(C)c1Br. The van der Waals surface area contributed by atoms with Gasteiger partial charge in [0.15, 0.2) is 5.76 Å². The van der Waals surface area contributed by atoms with Crippen molar-refractivity contribution in [3.63, 3.8) is 0 Å². The molecule has 0 saturated heterocycles. The molecule has 5 nitrogen and oxygen atoms in total. The van der Waals surface area contributed by atoms with E-state index < -0.39 is 11.7 Å². The number of halogens is 3. The molecular weight excluding hydrogens is 457 g/mol. The Morgan fingerprint density at radius 2 is 2.04 bits per heavy atom. The fraction of sp³-hybridized carbons (Fsp3) is 0.176. The maximum atomic E-state index is 13.8. The molecular formula is C17H14Br2FN3O2. The first-order valence-electron chi connectivity index (χ1n) is 7.40. The van der Waals surface area contributed by atoms with Crippen molar-refractivity contribution in [3.05, 3.63) is 68.0 Å². The number of carbonyl (C=O) groups excluding carboxylic acids is 1. The molecule has 1 N–H and O–H groups in total. The lowest BCUT2D eigenvalue weighted by Gasteiger charge is -2.05. The van der Waals surface area contributed by atoms with E-state index in [9.17, 15) is 9.18 Å². The summed E-state index contributed by atoms with van der Waals surface area (Å²) in [6, 6.07) is 7.67. The van der Waals surface area contributed by atoms with Crippen LogP contribution in [0.5, 0.6) is 0 Å². The summed E-state index contributed by atoms with van der Waals surface area (Å²) in [7, 11) is 0. The second kappa shape index (κ2) is 7.13. The van der Waals surface area contributed by atoms with Crippen LogP contribution in [0.3, 0.4) is 0 Å². The molecule has 1 aromatic carbocycles. The molecule has 25 heavy (non-hydrogen) atoms.